The Morgan fingerprint density at radius 2 is 1.88 bits per heavy atom. The molecule has 1 atom stereocenters. The SMILES string of the molecule is Cc1ccc(S(=O)(=O)N2CCCC(C(=O)N3CCOCC3)C2)c(C)c1. The Labute approximate surface area is 149 Å². The average molecular weight is 366 g/mol. The Hall–Kier alpha value is -1.44. The molecule has 0 spiro atoms. The molecule has 0 bridgehead atoms. The van der Waals surface area contributed by atoms with Gasteiger partial charge in [0.25, 0.3) is 0 Å². The number of nitrogens with zero attached hydrogens (tertiary/aromatic N) is 2. The lowest BCUT2D eigenvalue weighted by Gasteiger charge is -2.35. The summed E-state index contributed by atoms with van der Waals surface area (Å²) in [7, 11) is -3.57. The third-order valence-corrected chi connectivity index (χ3v) is 7.03. The van der Waals surface area contributed by atoms with E-state index in [2.05, 4.69) is 0 Å². The van der Waals surface area contributed by atoms with Crippen LogP contribution in [0.3, 0.4) is 0 Å². The number of benzene rings is 1. The number of carbonyl (C=O) groups is 1. The van der Waals surface area contributed by atoms with Crippen molar-refractivity contribution in [2.24, 2.45) is 5.92 Å². The van der Waals surface area contributed by atoms with Gasteiger partial charge < -0.3 is 9.64 Å². The van der Waals surface area contributed by atoms with Gasteiger partial charge in [-0.2, -0.15) is 4.31 Å². The van der Waals surface area contributed by atoms with E-state index in [1.165, 1.54) is 4.31 Å². The second-order valence-corrected chi connectivity index (χ2v) is 8.82. The van der Waals surface area contributed by atoms with Gasteiger partial charge in [0, 0.05) is 26.2 Å². The fourth-order valence-electron chi connectivity index (χ4n) is 3.63. The summed E-state index contributed by atoms with van der Waals surface area (Å²) in [5, 5.41) is 0. The molecule has 2 heterocycles. The van der Waals surface area contributed by atoms with Crippen LogP contribution in [0, 0.1) is 19.8 Å². The van der Waals surface area contributed by atoms with Crippen LogP contribution in [0.2, 0.25) is 0 Å². The van der Waals surface area contributed by atoms with Crippen LogP contribution in [-0.2, 0) is 19.6 Å². The molecule has 1 amide bonds. The number of ether oxygens (including phenoxy) is 1. The Bertz CT molecular complexity index is 741. The van der Waals surface area contributed by atoms with Gasteiger partial charge in [-0.15, -0.1) is 0 Å². The highest BCUT2D eigenvalue weighted by Gasteiger charge is 2.35. The van der Waals surface area contributed by atoms with E-state index < -0.39 is 10.0 Å². The molecule has 138 valence electrons. The smallest absolute Gasteiger partial charge is 0.243 e. The van der Waals surface area contributed by atoms with Crippen LogP contribution in [0.5, 0.6) is 0 Å². The van der Waals surface area contributed by atoms with Crippen molar-refractivity contribution in [1.82, 2.24) is 9.21 Å². The van der Waals surface area contributed by atoms with E-state index in [4.69, 9.17) is 4.74 Å². The quantitative estimate of drug-likeness (QED) is 0.814. The Morgan fingerprint density at radius 3 is 2.56 bits per heavy atom. The molecule has 2 aliphatic heterocycles. The molecule has 2 saturated heterocycles. The fraction of sp³-hybridized carbons (Fsp3) is 0.611. The number of hydrogen-bond acceptors (Lipinski definition) is 4. The van der Waals surface area contributed by atoms with Gasteiger partial charge in [0.05, 0.1) is 24.0 Å². The van der Waals surface area contributed by atoms with Crippen molar-refractivity contribution in [2.75, 3.05) is 39.4 Å². The van der Waals surface area contributed by atoms with E-state index in [0.29, 0.717) is 44.2 Å². The summed E-state index contributed by atoms with van der Waals surface area (Å²) in [6, 6.07) is 5.38. The van der Waals surface area contributed by atoms with E-state index >= 15 is 0 Å². The number of aryl methyl sites for hydroxylation is 2. The monoisotopic (exact) mass is 366 g/mol. The minimum Gasteiger partial charge on any atom is -0.378 e. The predicted octanol–water partition coefficient (Wildman–Crippen LogP) is 1.56. The van der Waals surface area contributed by atoms with E-state index in [-0.39, 0.29) is 18.4 Å². The van der Waals surface area contributed by atoms with Crippen molar-refractivity contribution in [1.29, 1.82) is 0 Å². The van der Waals surface area contributed by atoms with Crippen molar-refractivity contribution in [3.8, 4) is 0 Å². The zero-order chi connectivity index (χ0) is 18.0. The van der Waals surface area contributed by atoms with Gasteiger partial charge in [0.15, 0.2) is 0 Å². The van der Waals surface area contributed by atoms with Gasteiger partial charge in [-0.25, -0.2) is 8.42 Å². The molecule has 25 heavy (non-hydrogen) atoms. The molecule has 0 aromatic heterocycles. The minimum absolute atomic E-state index is 0.0591. The summed E-state index contributed by atoms with van der Waals surface area (Å²) in [4.78, 5) is 14.9. The van der Waals surface area contributed by atoms with Gasteiger partial charge in [-0.05, 0) is 38.3 Å². The molecule has 0 saturated carbocycles. The number of morpholine rings is 1. The lowest BCUT2D eigenvalue weighted by molar-refractivity contribution is -0.140. The zero-order valence-electron chi connectivity index (χ0n) is 14.9. The fourth-order valence-corrected chi connectivity index (χ4v) is 5.36. The molecular weight excluding hydrogens is 340 g/mol. The molecule has 3 rings (SSSR count). The van der Waals surface area contributed by atoms with Gasteiger partial charge in [-0.1, -0.05) is 17.7 Å². The second kappa shape index (κ2) is 7.43. The molecule has 0 radical (unpaired) electrons. The highest BCUT2D eigenvalue weighted by atomic mass is 32.2. The van der Waals surface area contributed by atoms with E-state index in [1.807, 2.05) is 26.0 Å². The Balaban J connectivity index is 1.77. The van der Waals surface area contributed by atoms with E-state index in [0.717, 1.165) is 17.5 Å². The van der Waals surface area contributed by atoms with Crippen LogP contribution < -0.4 is 0 Å². The summed E-state index contributed by atoms with van der Waals surface area (Å²) in [5.74, 6) is -0.198. The number of amides is 1. The van der Waals surface area contributed by atoms with E-state index in [1.54, 1.807) is 11.0 Å². The van der Waals surface area contributed by atoms with Crippen LogP contribution in [-0.4, -0.2) is 62.9 Å². The highest BCUT2D eigenvalue weighted by Crippen LogP contribution is 2.27. The minimum atomic E-state index is -3.57. The first-order valence-corrected chi connectivity index (χ1v) is 10.3. The van der Waals surface area contributed by atoms with Crippen LogP contribution in [0.1, 0.15) is 24.0 Å². The summed E-state index contributed by atoms with van der Waals surface area (Å²) in [6.07, 6.45) is 1.46. The molecule has 1 aromatic rings. The molecule has 0 N–H and O–H groups in total. The van der Waals surface area contributed by atoms with Gasteiger partial charge in [0.2, 0.25) is 15.9 Å². The summed E-state index contributed by atoms with van der Waals surface area (Å²) < 4.78 is 32.9. The molecule has 2 fully saturated rings. The van der Waals surface area contributed by atoms with Crippen molar-refractivity contribution in [2.45, 2.75) is 31.6 Å². The first kappa shape index (κ1) is 18.4. The maximum atomic E-state index is 13.0. The Morgan fingerprint density at radius 1 is 1.16 bits per heavy atom. The third-order valence-electron chi connectivity index (χ3n) is 5.00. The zero-order valence-corrected chi connectivity index (χ0v) is 15.7. The molecule has 1 aromatic carbocycles. The van der Waals surface area contributed by atoms with Crippen LogP contribution >= 0.6 is 0 Å². The molecular formula is C18H26N2O4S. The van der Waals surface area contributed by atoms with Gasteiger partial charge in [0.1, 0.15) is 0 Å². The summed E-state index contributed by atoms with van der Waals surface area (Å²) in [6.45, 7) is 6.82. The molecule has 7 heteroatoms. The topological polar surface area (TPSA) is 66.9 Å². The second-order valence-electron chi connectivity index (χ2n) is 6.91. The lowest BCUT2D eigenvalue weighted by Crippen LogP contribution is -2.49. The van der Waals surface area contributed by atoms with Crippen molar-refractivity contribution >= 4 is 15.9 Å². The van der Waals surface area contributed by atoms with Crippen molar-refractivity contribution in [3.05, 3.63) is 29.3 Å². The summed E-state index contributed by atoms with van der Waals surface area (Å²) >= 11 is 0. The number of sulfonamides is 1. The summed E-state index contributed by atoms with van der Waals surface area (Å²) in [5.41, 5.74) is 1.79. The van der Waals surface area contributed by atoms with Crippen LogP contribution in [0.25, 0.3) is 0 Å². The standard InChI is InChI=1S/C18H26N2O4S/c1-14-5-6-17(15(2)12-14)25(22,23)20-7-3-4-16(13-20)18(21)19-8-10-24-11-9-19/h5-6,12,16H,3-4,7-11,13H2,1-2H3. The Kier molecular flexibility index (Phi) is 5.46. The molecule has 2 aliphatic rings. The molecule has 0 aliphatic carbocycles. The first-order chi connectivity index (χ1) is 11.9. The van der Waals surface area contributed by atoms with E-state index in [9.17, 15) is 13.2 Å². The average Bonchev–Trinajstić information content (AvgIpc) is 2.61. The van der Waals surface area contributed by atoms with Crippen molar-refractivity contribution < 1.29 is 17.9 Å². The number of piperidine rings is 1. The highest BCUT2D eigenvalue weighted by molar-refractivity contribution is 7.89. The van der Waals surface area contributed by atoms with Gasteiger partial charge >= 0.3 is 0 Å². The largest absolute Gasteiger partial charge is 0.378 e. The van der Waals surface area contributed by atoms with Gasteiger partial charge in [-0.3, -0.25) is 4.79 Å². The van der Waals surface area contributed by atoms with Crippen LogP contribution in [0.15, 0.2) is 23.1 Å². The number of rotatable bonds is 3. The van der Waals surface area contributed by atoms with Crippen LogP contribution in [0.4, 0.5) is 0 Å². The maximum absolute atomic E-state index is 13.0. The lowest BCUT2D eigenvalue weighted by atomic mass is 9.98. The first-order valence-electron chi connectivity index (χ1n) is 8.83. The van der Waals surface area contributed by atoms with Crippen molar-refractivity contribution in [3.63, 3.8) is 0 Å². The molecule has 6 nitrogen and oxygen atoms in total. The predicted molar refractivity (Wildman–Crippen MR) is 94.8 cm³/mol. The normalized spacial score (nSPS) is 22.8. The maximum Gasteiger partial charge on any atom is 0.243 e. The third kappa shape index (κ3) is 3.88. The number of carbonyl (C=O) groups excluding carboxylic acids is 1. The molecule has 1 unspecified atom stereocenters. The number of hydrogen-bond donors (Lipinski definition) is 0.